The molecule has 10 heteroatoms. The highest BCUT2D eigenvalue weighted by Crippen LogP contribution is 2.33. The average molecular weight is 486 g/mol. The van der Waals surface area contributed by atoms with E-state index in [1.807, 2.05) is 38.1 Å². The fourth-order valence-corrected chi connectivity index (χ4v) is 4.01. The predicted octanol–water partition coefficient (Wildman–Crippen LogP) is 3.85. The Morgan fingerprint density at radius 3 is 2.53 bits per heavy atom. The van der Waals surface area contributed by atoms with Crippen LogP contribution in [0.5, 0.6) is 17.2 Å². The van der Waals surface area contributed by atoms with Crippen molar-refractivity contribution >= 4 is 15.7 Å². The molecule has 2 atom stereocenters. The number of aromatic amines is 1. The Labute approximate surface area is 198 Å². The van der Waals surface area contributed by atoms with Crippen molar-refractivity contribution in [1.29, 1.82) is 0 Å². The molecule has 0 bridgehead atoms. The maximum Gasteiger partial charge on any atom is 0.233 e. The van der Waals surface area contributed by atoms with Gasteiger partial charge in [-0.2, -0.15) is 0 Å². The second-order valence-corrected chi connectivity index (χ2v) is 10.1. The van der Waals surface area contributed by atoms with Gasteiger partial charge in [-0.25, -0.2) is 18.4 Å². The molecule has 0 saturated carbocycles. The molecule has 3 heterocycles. The molecule has 0 aliphatic carbocycles. The van der Waals surface area contributed by atoms with E-state index in [1.165, 1.54) is 12.3 Å². The number of hydrogen-bond acceptors (Lipinski definition) is 8. The molecule has 0 saturated heterocycles. The quantitative estimate of drug-likeness (QED) is 0.490. The van der Waals surface area contributed by atoms with Crippen LogP contribution in [0.15, 0.2) is 58.7 Å². The zero-order chi connectivity index (χ0) is 24.3. The molecular weight excluding hydrogens is 458 g/mol. The molecule has 2 aromatic heterocycles. The van der Waals surface area contributed by atoms with Crippen molar-refractivity contribution in [2.75, 3.05) is 26.5 Å². The molecule has 0 unspecified atom stereocenters. The summed E-state index contributed by atoms with van der Waals surface area (Å²) in [6, 6.07) is 12.3. The van der Waals surface area contributed by atoms with Gasteiger partial charge >= 0.3 is 0 Å². The van der Waals surface area contributed by atoms with Gasteiger partial charge in [0.15, 0.2) is 14.9 Å². The van der Waals surface area contributed by atoms with Gasteiger partial charge in [-0.05, 0) is 50.2 Å². The molecule has 0 radical (unpaired) electrons. The van der Waals surface area contributed by atoms with Gasteiger partial charge in [0.05, 0.1) is 19.3 Å². The van der Waals surface area contributed by atoms with Crippen molar-refractivity contribution in [3.63, 3.8) is 0 Å². The number of pyridine rings is 1. The van der Waals surface area contributed by atoms with Gasteiger partial charge in [-0.15, -0.1) is 0 Å². The van der Waals surface area contributed by atoms with Gasteiger partial charge < -0.3 is 23.9 Å². The monoisotopic (exact) mass is 485 g/mol. The number of ether oxygens (including phenoxy) is 4. The smallest absolute Gasteiger partial charge is 0.233 e. The van der Waals surface area contributed by atoms with Crippen molar-refractivity contribution in [2.45, 2.75) is 31.1 Å². The first kappa shape index (κ1) is 23.8. The number of aromatic nitrogens is 2. The largest absolute Gasteiger partial charge is 0.488 e. The van der Waals surface area contributed by atoms with E-state index < -0.39 is 9.84 Å². The van der Waals surface area contributed by atoms with Crippen LogP contribution in [-0.2, 0) is 19.3 Å². The second-order valence-electron chi connectivity index (χ2n) is 8.14. The van der Waals surface area contributed by atoms with E-state index in [9.17, 15) is 8.42 Å². The zero-order valence-corrected chi connectivity index (χ0v) is 20.3. The Bertz CT molecular complexity index is 1280. The van der Waals surface area contributed by atoms with E-state index in [0.29, 0.717) is 36.3 Å². The van der Waals surface area contributed by atoms with E-state index in [0.717, 1.165) is 23.2 Å². The number of hydrogen-bond donors (Lipinski definition) is 1. The molecular formula is C24H27N3O6S. The van der Waals surface area contributed by atoms with Crippen LogP contribution in [0.1, 0.15) is 19.5 Å². The van der Waals surface area contributed by atoms with E-state index in [1.54, 1.807) is 19.2 Å². The first-order chi connectivity index (χ1) is 16.2. The number of sulfone groups is 1. The van der Waals surface area contributed by atoms with Gasteiger partial charge in [0, 0.05) is 30.7 Å². The van der Waals surface area contributed by atoms with E-state index in [-0.39, 0.29) is 17.2 Å². The third-order valence-corrected chi connectivity index (χ3v) is 5.98. The number of rotatable bonds is 9. The molecule has 1 aliphatic heterocycles. The second kappa shape index (κ2) is 9.86. The third-order valence-electron chi connectivity index (χ3n) is 4.98. The number of aliphatic imine (C=N–C) groups is 1. The number of methoxy groups -OCH3 is 1. The van der Waals surface area contributed by atoms with Crippen LogP contribution in [0, 0.1) is 0 Å². The lowest BCUT2D eigenvalue weighted by Crippen LogP contribution is -2.17. The molecule has 0 fully saturated rings. The lowest BCUT2D eigenvalue weighted by molar-refractivity contribution is 0.0920. The molecule has 34 heavy (non-hydrogen) atoms. The van der Waals surface area contributed by atoms with Crippen molar-refractivity contribution in [3.05, 3.63) is 54.4 Å². The summed E-state index contributed by atoms with van der Waals surface area (Å²) >= 11 is 0. The minimum Gasteiger partial charge on any atom is -0.488 e. The standard InChI is InChI=1S/C24H27N3O6S/c1-15-12-26-24(32-15)22-7-6-21(27-22)17-9-19(31-16(2)14-30-3)11-20(10-17)33-18-5-8-23(25-13-18)34(4,28)29/h5-11,13,15-16,27H,12,14H2,1-4H3/t15-,16-/m0/s1. The average Bonchev–Trinajstić information content (AvgIpc) is 3.43. The summed E-state index contributed by atoms with van der Waals surface area (Å²) in [6.07, 6.45) is 2.37. The number of nitrogens with one attached hydrogen (secondary N) is 1. The highest BCUT2D eigenvalue weighted by Gasteiger charge is 2.19. The van der Waals surface area contributed by atoms with Crippen LogP contribution < -0.4 is 9.47 Å². The summed E-state index contributed by atoms with van der Waals surface area (Å²) in [5.41, 5.74) is 2.46. The molecule has 4 rings (SSSR count). The first-order valence-electron chi connectivity index (χ1n) is 10.8. The Morgan fingerprint density at radius 2 is 1.88 bits per heavy atom. The summed E-state index contributed by atoms with van der Waals surface area (Å²) in [6.45, 7) is 4.95. The van der Waals surface area contributed by atoms with Crippen LogP contribution >= 0.6 is 0 Å². The number of nitrogens with zero attached hydrogens (tertiary/aromatic N) is 2. The zero-order valence-electron chi connectivity index (χ0n) is 19.4. The Balaban J connectivity index is 1.64. The molecule has 180 valence electrons. The highest BCUT2D eigenvalue weighted by molar-refractivity contribution is 7.90. The van der Waals surface area contributed by atoms with Gasteiger partial charge in [-0.3, -0.25) is 0 Å². The highest BCUT2D eigenvalue weighted by atomic mass is 32.2. The summed E-state index contributed by atoms with van der Waals surface area (Å²) < 4.78 is 46.3. The molecule has 9 nitrogen and oxygen atoms in total. The molecule has 3 aromatic rings. The maximum absolute atomic E-state index is 11.7. The Hall–Kier alpha value is -3.37. The van der Waals surface area contributed by atoms with Crippen LogP contribution in [0.4, 0.5) is 0 Å². The maximum atomic E-state index is 11.7. The van der Waals surface area contributed by atoms with Crippen molar-refractivity contribution in [2.24, 2.45) is 4.99 Å². The van der Waals surface area contributed by atoms with Crippen LogP contribution in [0.3, 0.4) is 0 Å². The predicted molar refractivity (Wildman–Crippen MR) is 128 cm³/mol. The Morgan fingerprint density at radius 1 is 1.12 bits per heavy atom. The summed E-state index contributed by atoms with van der Waals surface area (Å²) in [5, 5.41) is -0.0173. The fraction of sp³-hybridized carbons (Fsp3) is 0.333. The summed E-state index contributed by atoms with van der Waals surface area (Å²) in [4.78, 5) is 11.7. The van der Waals surface area contributed by atoms with E-state index >= 15 is 0 Å². The minimum absolute atomic E-state index is 0.0173. The van der Waals surface area contributed by atoms with E-state index in [4.69, 9.17) is 18.9 Å². The van der Waals surface area contributed by atoms with Crippen molar-refractivity contribution < 1.29 is 27.4 Å². The normalized spacial score (nSPS) is 16.6. The van der Waals surface area contributed by atoms with Crippen LogP contribution in [-0.4, -0.2) is 63.0 Å². The van der Waals surface area contributed by atoms with E-state index in [2.05, 4.69) is 15.0 Å². The molecule has 0 spiro atoms. The molecule has 0 amide bonds. The SMILES string of the molecule is COC[C@H](C)Oc1cc(Oc2ccc(S(C)(=O)=O)nc2)cc(-c2ccc(C3=NC[C@H](C)O3)[nH]2)c1. The summed E-state index contributed by atoms with van der Waals surface area (Å²) in [5.74, 6) is 2.09. The molecule has 1 N–H and O–H groups in total. The topological polar surface area (TPSA) is 112 Å². The number of benzene rings is 1. The lowest BCUT2D eigenvalue weighted by atomic mass is 10.1. The number of H-pyrrole nitrogens is 1. The Kier molecular flexibility index (Phi) is 6.90. The summed E-state index contributed by atoms with van der Waals surface area (Å²) in [7, 11) is -1.77. The third kappa shape index (κ3) is 5.75. The fourth-order valence-electron chi connectivity index (χ4n) is 3.45. The van der Waals surface area contributed by atoms with Crippen molar-refractivity contribution in [3.8, 4) is 28.5 Å². The first-order valence-corrected chi connectivity index (χ1v) is 12.7. The van der Waals surface area contributed by atoms with Gasteiger partial charge in [0.2, 0.25) is 5.90 Å². The van der Waals surface area contributed by atoms with Crippen LogP contribution in [0.25, 0.3) is 11.3 Å². The van der Waals surface area contributed by atoms with Crippen LogP contribution in [0.2, 0.25) is 0 Å². The van der Waals surface area contributed by atoms with Gasteiger partial charge in [0.25, 0.3) is 0 Å². The van der Waals surface area contributed by atoms with Gasteiger partial charge in [-0.1, -0.05) is 0 Å². The van der Waals surface area contributed by atoms with Gasteiger partial charge in [0.1, 0.15) is 35.2 Å². The molecule has 1 aromatic carbocycles. The minimum atomic E-state index is -3.39. The van der Waals surface area contributed by atoms with Crippen molar-refractivity contribution in [1.82, 2.24) is 9.97 Å². The molecule has 1 aliphatic rings. The lowest BCUT2D eigenvalue weighted by Gasteiger charge is -2.16.